The summed E-state index contributed by atoms with van der Waals surface area (Å²) < 4.78 is 0. The van der Waals surface area contributed by atoms with Crippen molar-refractivity contribution in [1.82, 2.24) is 10.3 Å². The Morgan fingerprint density at radius 2 is 2.12 bits per heavy atom. The van der Waals surface area contributed by atoms with Crippen LogP contribution in [0, 0.1) is 6.92 Å². The molecule has 0 spiro atoms. The highest BCUT2D eigenvalue weighted by molar-refractivity contribution is 5.84. The van der Waals surface area contributed by atoms with Gasteiger partial charge in [0, 0.05) is 28.7 Å². The molecule has 1 heterocycles. The van der Waals surface area contributed by atoms with E-state index in [4.69, 9.17) is 0 Å². The van der Waals surface area contributed by atoms with Gasteiger partial charge in [0.15, 0.2) is 0 Å². The number of H-pyrrole nitrogens is 1. The van der Waals surface area contributed by atoms with Crippen LogP contribution in [-0.4, -0.2) is 23.2 Å². The van der Waals surface area contributed by atoms with Crippen molar-refractivity contribution in [3.05, 3.63) is 35.5 Å². The molecule has 2 rings (SSSR count). The zero-order valence-corrected chi connectivity index (χ0v) is 9.75. The monoisotopic (exact) mass is 218 g/mol. The third-order valence-electron chi connectivity index (χ3n) is 2.86. The Morgan fingerprint density at radius 1 is 1.38 bits per heavy atom. The number of aromatic amines is 1. The van der Waals surface area contributed by atoms with Crippen LogP contribution in [0.3, 0.4) is 0 Å². The first-order valence-corrected chi connectivity index (χ1v) is 5.70. The van der Waals surface area contributed by atoms with Crippen LogP contribution in [0.5, 0.6) is 0 Å². The topological polar surface area (TPSA) is 48.0 Å². The number of hydrogen-bond acceptors (Lipinski definition) is 2. The van der Waals surface area contributed by atoms with E-state index < -0.39 is 6.10 Å². The molecule has 3 N–H and O–H groups in total. The Balaban J connectivity index is 2.38. The average molecular weight is 218 g/mol. The number of aromatic nitrogens is 1. The first kappa shape index (κ1) is 11.2. The highest BCUT2D eigenvalue weighted by Crippen LogP contribution is 2.27. The fraction of sp³-hybridized carbons (Fsp3) is 0.385. The molecule has 2 aromatic rings. The van der Waals surface area contributed by atoms with E-state index in [0.717, 1.165) is 28.7 Å². The summed E-state index contributed by atoms with van der Waals surface area (Å²) in [5.74, 6) is 0. The van der Waals surface area contributed by atoms with Crippen LogP contribution in [0.4, 0.5) is 0 Å². The molecule has 1 aromatic heterocycles. The number of aryl methyl sites for hydroxylation is 1. The fourth-order valence-electron chi connectivity index (χ4n) is 2.11. The Bertz CT molecular complexity index is 476. The minimum atomic E-state index is -0.448. The predicted molar refractivity (Wildman–Crippen MR) is 66.5 cm³/mol. The van der Waals surface area contributed by atoms with Gasteiger partial charge in [0.2, 0.25) is 0 Å². The lowest BCUT2D eigenvalue weighted by atomic mass is 10.1. The second kappa shape index (κ2) is 4.68. The predicted octanol–water partition coefficient (Wildman–Crippen LogP) is 2.12. The molecular weight excluding hydrogens is 200 g/mol. The summed E-state index contributed by atoms with van der Waals surface area (Å²) in [6.07, 6.45) is -0.448. The molecular formula is C13H18N2O. The highest BCUT2D eigenvalue weighted by Gasteiger charge is 2.15. The molecule has 1 unspecified atom stereocenters. The molecule has 1 aromatic carbocycles. The number of para-hydroxylation sites is 1. The molecule has 3 heteroatoms. The average Bonchev–Trinajstić information content (AvgIpc) is 2.62. The van der Waals surface area contributed by atoms with Gasteiger partial charge in [-0.25, -0.2) is 0 Å². The van der Waals surface area contributed by atoms with Crippen molar-refractivity contribution in [3.8, 4) is 0 Å². The van der Waals surface area contributed by atoms with Gasteiger partial charge in [-0.15, -0.1) is 0 Å². The van der Waals surface area contributed by atoms with Crippen LogP contribution in [0.1, 0.15) is 24.3 Å². The van der Waals surface area contributed by atoms with E-state index in [-0.39, 0.29) is 0 Å². The Kier molecular flexibility index (Phi) is 3.27. The lowest BCUT2D eigenvalue weighted by Gasteiger charge is -2.11. The zero-order valence-electron chi connectivity index (χ0n) is 9.75. The molecule has 0 fully saturated rings. The van der Waals surface area contributed by atoms with Crippen molar-refractivity contribution >= 4 is 10.9 Å². The maximum Gasteiger partial charge on any atom is 0.0937 e. The van der Waals surface area contributed by atoms with E-state index in [9.17, 15) is 5.11 Å². The summed E-state index contributed by atoms with van der Waals surface area (Å²) in [5.41, 5.74) is 3.15. The standard InChI is InChI=1S/C13H18N2O/c1-3-14-8-12(16)13-9(2)15-11-7-5-4-6-10(11)13/h4-7,12,14-16H,3,8H2,1-2H3. The molecule has 0 radical (unpaired) electrons. The summed E-state index contributed by atoms with van der Waals surface area (Å²) in [5, 5.41) is 14.4. The minimum Gasteiger partial charge on any atom is -0.387 e. The number of likely N-dealkylation sites (N-methyl/N-ethyl adjacent to an activating group) is 1. The van der Waals surface area contributed by atoms with Gasteiger partial charge < -0.3 is 15.4 Å². The molecule has 86 valence electrons. The van der Waals surface area contributed by atoms with Crippen molar-refractivity contribution in [2.75, 3.05) is 13.1 Å². The van der Waals surface area contributed by atoms with Gasteiger partial charge in [0.1, 0.15) is 0 Å². The third-order valence-corrected chi connectivity index (χ3v) is 2.86. The summed E-state index contributed by atoms with van der Waals surface area (Å²) in [6.45, 7) is 5.51. The van der Waals surface area contributed by atoms with E-state index >= 15 is 0 Å². The molecule has 0 aliphatic carbocycles. The maximum atomic E-state index is 10.1. The zero-order chi connectivity index (χ0) is 11.5. The van der Waals surface area contributed by atoms with E-state index in [2.05, 4.69) is 10.3 Å². The quantitative estimate of drug-likeness (QED) is 0.736. The number of nitrogens with one attached hydrogen (secondary N) is 2. The SMILES string of the molecule is CCNCC(O)c1c(C)[nH]c2ccccc12. The van der Waals surface area contributed by atoms with Crippen LogP contribution < -0.4 is 5.32 Å². The summed E-state index contributed by atoms with van der Waals surface area (Å²) in [6, 6.07) is 8.08. The van der Waals surface area contributed by atoms with E-state index in [0.29, 0.717) is 6.54 Å². The molecule has 0 bridgehead atoms. The largest absolute Gasteiger partial charge is 0.387 e. The van der Waals surface area contributed by atoms with Crippen LogP contribution in [0.25, 0.3) is 10.9 Å². The van der Waals surface area contributed by atoms with Gasteiger partial charge in [0.25, 0.3) is 0 Å². The van der Waals surface area contributed by atoms with Crippen LogP contribution in [0.15, 0.2) is 24.3 Å². The summed E-state index contributed by atoms with van der Waals surface area (Å²) in [4.78, 5) is 3.30. The van der Waals surface area contributed by atoms with Gasteiger partial charge in [-0.1, -0.05) is 25.1 Å². The Labute approximate surface area is 95.5 Å². The molecule has 16 heavy (non-hydrogen) atoms. The fourth-order valence-corrected chi connectivity index (χ4v) is 2.11. The Morgan fingerprint density at radius 3 is 2.88 bits per heavy atom. The van der Waals surface area contributed by atoms with Gasteiger partial charge in [0.05, 0.1) is 6.10 Å². The van der Waals surface area contributed by atoms with E-state index in [1.54, 1.807) is 0 Å². The first-order valence-electron chi connectivity index (χ1n) is 5.70. The van der Waals surface area contributed by atoms with Crippen molar-refractivity contribution in [2.45, 2.75) is 20.0 Å². The normalized spacial score (nSPS) is 13.2. The van der Waals surface area contributed by atoms with Gasteiger partial charge >= 0.3 is 0 Å². The van der Waals surface area contributed by atoms with Gasteiger partial charge in [-0.3, -0.25) is 0 Å². The number of rotatable bonds is 4. The highest BCUT2D eigenvalue weighted by atomic mass is 16.3. The molecule has 0 aliphatic rings. The number of fused-ring (bicyclic) bond motifs is 1. The van der Waals surface area contributed by atoms with E-state index in [1.807, 2.05) is 38.1 Å². The van der Waals surface area contributed by atoms with Crippen molar-refractivity contribution < 1.29 is 5.11 Å². The molecule has 0 amide bonds. The Hall–Kier alpha value is -1.32. The molecule has 0 saturated carbocycles. The second-order valence-electron chi connectivity index (χ2n) is 4.03. The molecule has 3 nitrogen and oxygen atoms in total. The maximum absolute atomic E-state index is 10.1. The number of aliphatic hydroxyl groups excluding tert-OH is 1. The van der Waals surface area contributed by atoms with Crippen LogP contribution in [0.2, 0.25) is 0 Å². The van der Waals surface area contributed by atoms with Gasteiger partial charge in [-0.05, 0) is 19.5 Å². The lowest BCUT2D eigenvalue weighted by Crippen LogP contribution is -2.21. The molecule has 1 atom stereocenters. The first-order chi connectivity index (χ1) is 7.74. The van der Waals surface area contributed by atoms with Crippen molar-refractivity contribution in [3.63, 3.8) is 0 Å². The summed E-state index contributed by atoms with van der Waals surface area (Å²) >= 11 is 0. The van der Waals surface area contributed by atoms with Crippen LogP contribution >= 0.6 is 0 Å². The number of hydrogen-bond donors (Lipinski definition) is 3. The smallest absolute Gasteiger partial charge is 0.0937 e. The third kappa shape index (κ3) is 1.96. The minimum absolute atomic E-state index is 0.448. The molecule has 0 saturated heterocycles. The molecule has 0 aliphatic heterocycles. The van der Waals surface area contributed by atoms with Crippen LogP contribution in [-0.2, 0) is 0 Å². The summed E-state index contributed by atoms with van der Waals surface area (Å²) in [7, 11) is 0. The van der Waals surface area contributed by atoms with Crippen molar-refractivity contribution in [1.29, 1.82) is 0 Å². The lowest BCUT2D eigenvalue weighted by molar-refractivity contribution is 0.176. The second-order valence-corrected chi connectivity index (χ2v) is 4.03. The van der Waals surface area contributed by atoms with Crippen molar-refractivity contribution in [2.24, 2.45) is 0 Å². The van der Waals surface area contributed by atoms with Gasteiger partial charge in [-0.2, -0.15) is 0 Å². The van der Waals surface area contributed by atoms with E-state index in [1.165, 1.54) is 0 Å². The number of benzene rings is 1. The number of aliphatic hydroxyl groups is 1.